The molecule has 152 valence electrons. The molecule has 6 nitrogen and oxygen atoms in total. The first-order valence-corrected chi connectivity index (χ1v) is 10.6. The minimum atomic E-state index is -0.131. The van der Waals surface area contributed by atoms with Gasteiger partial charge in [0.2, 0.25) is 0 Å². The lowest BCUT2D eigenvalue weighted by molar-refractivity contribution is -1.02. The zero-order valence-electron chi connectivity index (χ0n) is 16.5. The summed E-state index contributed by atoms with van der Waals surface area (Å²) >= 11 is 7.68. The van der Waals surface area contributed by atoms with Crippen molar-refractivity contribution in [1.82, 2.24) is 0 Å². The smallest absolute Gasteiger partial charge is 0.282 e. The molecule has 1 aliphatic heterocycles. The Labute approximate surface area is 175 Å². The van der Waals surface area contributed by atoms with Crippen LogP contribution in [-0.2, 0) is 11.3 Å². The van der Waals surface area contributed by atoms with Crippen LogP contribution in [0.1, 0.15) is 11.8 Å². The Morgan fingerprint density at radius 2 is 1.93 bits per heavy atom. The summed E-state index contributed by atoms with van der Waals surface area (Å²) in [6.45, 7) is 7.03. The van der Waals surface area contributed by atoms with Crippen LogP contribution in [0.5, 0.6) is 11.5 Å². The Morgan fingerprint density at radius 3 is 2.54 bits per heavy atom. The van der Waals surface area contributed by atoms with E-state index in [0.29, 0.717) is 17.2 Å². The molecule has 0 unspecified atom stereocenters. The third-order valence-electron chi connectivity index (χ3n) is 5.32. The number of carbonyl (C=O) groups is 1. The number of rotatable bonds is 7. The standard InChI is InChI=1S/C20H26ClN3O3S/c1-14(20(25)22-17-12-15(26-2)4-6-18(17)27-3)24-10-8-23(9-11-24)13-16-5-7-19(21)28-16/h4-7,12,14H,8-11,13H2,1-3H3,(H,22,25)/p+2/t14-/m1/s1. The SMILES string of the molecule is COc1ccc(OC)c(NC(=O)[C@@H](C)[NH+]2CC[NH+](Cc3ccc(Cl)s3)CC2)c1. The van der Waals surface area contributed by atoms with Crippen molar-refractivity contribution in [1.29, 1.82) is 0 Å². The van der Waals surface area contributed by atoms with Gasteiger partial charge in [-0.15, -0.1) is 11.3 Å². The molecule has 1 saturated heterocycles. The largest absolute Gasteiger partial charge is 0.497 e. The number of piperazine rings is 1. The van der Waals surface area contributed by atoms with Gasteiger partial charge in [0.15, 0.2) is 6.04 Å². The molecule has 0 spiro atoms. The number of carbonyl (C=O) groups excluding carboxylic acids is 1. The van der Waals surface area contributed by atoms with Crippen LogP contribution >= 0.6 is 22.9 Å². The number of hydrogen-bond acceptors (Lipinski definition) is 4. The second-order valence-electron chi connectivity index (χ2n) is 7.07. The molecule has 28 heavy (non-hydrogen) atoms. The van der Waals surface area contributed by atoms with Crippen LogP contribution in [0, 0.1) is 0 Å². The summed E-state index contributed by atoms with van der Waals surface area (Å²) in [7, 11) is 3.20. The highest BCUT2D eigenvalue weighted by atomic mass is 35.5. The molecule has 1 amide bonds. The van der Waals surface area contributed by atoms with Gasteiger partial charge in [0.05, 0.1) is 29.1 Å². The van der Waals surface area contributed by atoms with Crippen LogP contribution in [-0.4, -0.2) is 52.3 Å². The second kappa shape index (κ2) is 9.60. The summed E-state index contributed by atoms with van der Waals surface area (Å²) in [6.07, 6.45) is 0. The van der Waals surface area contributed by atoms with Crippen LogP contribution in [0.25, 0.3) is 0 Å². The first kappa shape index (κ1) is 20.9. The van der Waals surface area contributed by atoms with Crippen LogP contribution in [0.3, 0.4) is 0 Å². The highest BCUT2D eigenvalue weighted by Crippen LogP contribution is 2.28. The van der Waals surface area contributed by atoms with E-state index in [-0.39, 0.29) is 11.9 Å². The molecule has 3 N–H and O–H groups in total. The van der Waals surface area contributed by atoms with Gasteiger partial charge in [-0.3, -0.25) is 4.79 Å². The van der Waals surface area contributed by atoms with Gasteiger partial charge in [-0.1, -0.05) is 11.6 Å². The van der Waals surface area contributed by atoms with Crippen molar-refractivity contribution >= 4 is 34.5 Å². The molecule has 1 aromatic heterocycles. The van der Waals surface area contributed by atoms with Crippen molar-refractivity contribution in [3.05, 3.63) is 39.5 Å². The highest BCUT2D eigenvalue weighted by Gasteiger charge is 2.31. The van der Waals surface area contributed by atoms with E-state index in [2.05, 4.69) is 11.4 Å². The molecule has 2 heterocycles. The van der Waals surface area contributed by atoms with Crippen molar-refractivity contribution in [3.8, 4) is 11.5 Å². The van der Waals surface area contributed by atoms with E-state index in [1.165, 1.54) is 9.78 Å². The van der Waals surface area contributed by atoms with Crippen molar-refractivity contribution < 1.29 is 24.1 Å². The summed E-state index contributed by atoms with van der Waals surface area (Å²) in [5.74, 6) is 1.30. The maximum absolute atomic E-state index is 12.8. The first-order valence-electron chi connectivity index (χ1n) is 9.45. The summed E-state index contributed by atoms with van der Waals surface area (Å²) in [4.78, 5) is 17.0. The van der Waals surface area contributed by atoms with Gasteiger partial charge in [0, 0.05) is 6.07 Å². The van der Waals surface area contributed by atoms with Crippen molar-refractivity contribution in [2.75, 3.05) is 45.7 Å². The van der Waals surface area contributed by atoms with Gasteiger partial charge in [-0.05, 0) is 31.2 Å². The zero-order chi connectivity index (χ0) is 20.1. The minimum absolute atomic E-state index is 0.00459. The van der Waals surface area contributed by atoms with Gasteiger partial charge in [0.1, 0.15) is 44.2 Å². The molecule has 1 fully saturated rings. The third kappa shape index (κ3) is 5.17. The number of nitrogens with one attached hydrogen (secondary N) is 3. The molecule has 1 aromatic carbocycles. The molecule has 1 aliphatic rings. The molecule has 1 atom stereocenters. The van der Waals surface area contributed by atoms with E-state index in [9.17, 15) is 4.79 Å². The van der Waals surface area contributed by atoms with Crippen LogP contribution in [0.15, 0.2) is 30.3 Å². The molecule has 0 radical (unpaired) electrons. The lowest BCUT2D eigenvalue weighted by Crippen LogP contribution is -3.29. The average Bonchev–Trinajstić information content (AvgIpc) is 3.12. The topological polar surface area (TPSA) is 56.4 Å². The predicted molar refractivity (Wildman–Crippen MR) is 112 cm³/mol. The molecule has 0 saturated carbocycles. The van der Waals surface area contributed by atoms with Crippen molar-refractivity contribution in [2.45, 2.75) is 19.5 Å². The Morgan fingerprint density at radius 1 is 1.18 bits per heavy atom. The summed E-state index contributed by atoms with van der Waals surface area (Å²) in [6, 6.07) is 9.33. The predicted octanol–water partition coefficient (Wildman–Crippen LogP) is 0.729. The Hall–Kier alpha value is -1.80. The number of hydrogen-bond donors (Lipinski definition) is 3. The van der Waals surface area contributed by atoms with Crippen LogP contribution in [0.2, 0.25) is 4.34 Å². The number of anilines is 1. The lowest BCUT2D eigenvalue weighted by atomic mass is 10.2. The number of amides is 1. The van der Waals surface area contributed by atoms with E-state index in [1.54, 1.807) is 42.6 Å². The summed E-state index contributed by atoms with van der Waals surface area (Å²) < 4.78 is 11.5. The van der Waals surface area contributed by atoms with Gasteiger partial charge in [-0.2, -0.15) is 0 Å². The van der Waals surface area contributed by atoms with E-state index in [0.717, 1.165) is 37.1 Å². The molecular weight excluding hydrogens is 398 g/mol. The maximum Gasteiger partial charge on any atom is 0.282 e. The van der Waals surface area contributed by atoms with Gasteiger partial charge in [-0.25, -0.2) is 0 Å². The lowest BCUT2D eigenvalue weighted by Gasteiger charge is -2.32. The Bertz CT molecular complexity index is 806. The number of methoxy groups -OCH3 is 2. The number of ether oxygens (including phenoxy) is 2. The van der Waals surface area contributed by atoms with E-state index < -0.39 is 0 Å². The van der Waals surface area contributed by atoms with Crippen molar-refractivity contribution in [2.24, 2.45) is 0 Å². The molecule has 0 bridgehead atoms. The zero-order valence-corrected chi connectivity index (χ0v) is 18.1. The van der Waals surface area contributed by atoms with E-state index in [4.69, 9.17) is 21.1 Å². The van der Waals surface area contributed by atoms with E-state index in [1.807, 2.05) is 19.1 Å². The number of halogens is 1. The second-order valence-corrected chi connectivity index (χ2v) is 8.87. The Balaban J connectivity index is 1.54. The number of quaternary nitrogens is 2. The van der Waals surface area contributed by atoms with Crippen molar-refractivity contribution in [3.63, 3.8) is 0 Å². The minimum Gasteiger partial charge on any atom is -0.497 e. The fourth-order valence-electron chi connectivity index (χ4n) is 3.57. The monoisotopic (exact) mass is 425 g/mol. The maximum atomic E-state index is 12.8. The molecule has 0 aliphatic carbocycles. The van der Waals surface area contributed by atoms with Gasteiger partial charge in [0.25, 0.3) is 5.91 Å². The fourth-order valence-corrected chi connectivity index (χ4v) is 4.72. The van der Waals surface area contributed by atoms with Gasteiger partial charge < -0.3 is 24.6 Å². The van der Waals surface area contributed by atoms with Crippen LogP contribution < -0.4 is 24.6 Å². The molecule has 3 rings (SSSR count). The fraction of sp³-hybridized carbons (Fsp3) is 0.450. The number of benzene rings is 1. The normalized spacial score (nSPS) is 20.4. The van der Waals surface area contributed by atoms with Gasteiger partial charge >= 0.3 is 0 Å². The summed E-state index contributed by atoms with van der Waals surface area (Å²) in [5.41, 5.74) is 0.636. The highest BCUT2D eigenvalue weighted by molar-refractivity contribution is 7.16. The molecule has 8 heteroatoms. The molecule has 2 aromatic rings. The average molecular weight is 426 g/mol. The first-order chi connectivity index (χ1) is 13.5. The summed E-state index contributed by atoms with van der Waals surface area (Å²) in [5, 5.41) is 3.00. The van der Waals surface area contributed by atoms with Crippen LogP contribution in [0.4, 0.5) is 5.69 Å². The molecular formula is C20H28ClN3O3S+2. The van der Waals surface area contributed by atoms with E-state index >= 15 is 0 Å². The third-order valence-corrected chi connectivity index (χ3v) is 6.55. The Kier molecular flexibility index (Phi) is 7.18. The number of thiophene rings is 1. The quantitative estimate of drug-likeness (QED) is 0.613.